The molecular weight excluding hydrogens is 254 g/mol. The van der Waals surface area contributed by atoms with E-state index >= 15 is 0 Å². The fraction of sp³-hybridized carbons (Fsp3) is 0.231. The summed E-state index contributed by atoms with van der Waals surface area (Å²) in [7, 11) is 1.58. The summed E-state index contributed by atoms with van der Waals surface area (Å²) in [5.41, 5.74) is 1.63. The van der Waals surface area contributed by atoms with Gasteiger partial charge in [0.2, 0.25) is 0 Å². The molecule has 2 aromatic rings. The standard InChI is InChI=1S/C13H12F2N2O2/c1-7-3-4-8(12(14)15)5-9(7)11-6-10(13(18)19)16-17(11)2/h3-6,12H,1-2H3,(H,18,19). The number of rotatable bonds is 3. The molecule has 0 aliphatic heterocycles. The summed E-state index contributed by atoms with van der Waals surface area (Å²) in [5, 5.41) is 12.7. The predicted molar refractivity (Wildman–Crippen MR) is 65.3 cm³/mol. The summed E-state index contributed by atoms with van der Waals surface area (Å²) in [5.74, 6) is -1.15. The molecule has 0 saturated heterocycles. The van der Waals surface area contributed by atoms with Gasteiger partial charge in [0.05, 0.1) is 5.69 Å². The van der Waals surface area contributed by atoms with Crippen LogP contribution < -0.4 is 0 Å². The van der Waals surface area contributed by atoms with Crippen molar-refractivity contribution in [2.45, 2.75) is 13.3 Å². The van der Waals surface area contributed by atoms with E-state index in [1.165, 1.54) is 22.9 Å². The van der Waals surface area contributed by atoms with Gasteiger partial charge in [-0.15, -0.1) is 0 Å². The van der Waals surface area contributed by atoms with E-state index in [9.17, 15) is 13.6 Å². The van der Waals surface area contributed by atoms with Gasteiger partial charge in [0.25, 0.3) is 6.43 Å². The second-order valence-electron chi connectivity index (χ2n) is 4.22. The summed E-state index contributed by atoms with van der Waals surface area (Å²) in [6.07, 6.45) is -2.56. The van der Waals surface area contributed by atoms with Crippen LogP contribution in [0.15, 0.2) is 24.3 Å². The molecule has 1 N–H and O–H groups in total. The van der Waals surface area contributed by atoms with E-state index in [0.717, 1.165) is 5.56 Å². The van der Waals surface area contributed by atoms with Crippen LogP contribution >= 0.6 is 0 Å². The summed E-state index contributed by atoms with van der Waals surface area (Å²) < 4.78 is 26.8. The van der Waals surface area contributed by atoms with E-state index in [1.807, 2.05) is 0 Å². The number of aromatic nitrogens is 2. The second kappa shape index (κ2) is 4.79. The van der Waals surface area contributed by atoms with Crippen molar-refractivity contribution in [2.24, 2.45) is 7.05 Å². The first kappa shape index (κ1) is 13.2. The molecule has 6 heteroatoms. The molecule has 0 atom stereocenters. The van der Waals surface area contributed by atoms with Crippen LogP contribution in [-0.4, -0.2) is 20.9 Å². The van der Waals surface area contributed by atoms with Crippen LogP contribution in [0.1, 0.15) is 28.0 Å². The Balaban J connectivity index is 2.57. The highest BCUT2D eigenvalue weighted by molar-refractivity contribution is 5.87. The topological polar surface area (TPSA) is 55.1 Å². The van der Waals surface area contributed by atoms with E-state index in [1.54, 1.807) is 20.0 Å². The molecule has 0 amide bonds. The maximum Gasteiger partial charge on any atom is 0.356 e. The Morgan fingerprint density at radius 2 is 2.05 bits per heavy atom. The zero-order valence-corrected chi connectivity index (χ0v) is 10.4. The van der Waals surface area contributed by atoms with Gasteiger partial charge in [0.15, 0.2) is 5.69 Å². The Kier molecular flexibility index (Phi) is 3.33. The van der Waals surface area contributed by atoms with Crippen molar-refractivity contribution in [2.75, 3.05) is 0 Å². The lowest BCUT2D eigenvalue weighted by atomic mass is 10.0. The Morgan fingerprint density at radius 3 is 2.58 bits per heavy atom. The Labute approximate surface area is 108 Å². The van der Waals surface area contributed by atoms with Crippen molar-refractivity contribution in [3.05, 3.63) is 41.1 Å². The maximum atomic E-state index is 12.7. The van der Waals surface area contributed by atoms with Crippen molar-refractivity contribution in [3.63, 3.8) is 0 Å². The second-order valence-corrected chi connectivity index (χ2v) is 4.22. The number of hydrogen-bond acceptors (Lipinski definition) is 2. The first-order chi connectivity index (χ1) is 8.90. The number of aromatic carboxylic acids is 1. The molecule has 4 nitrogen and oxygen atoms in total. The van der Waals surface area contributed by atoms with Crippen molar-refractivity contribution < 1.29 is 18.7 Å². The zero-order valence-electron chi connectivity index (χ0n) is 10.4. The van der Waals surface area contributed by atoms with Gasteiger partial charge in [-0.3, -0.25) is 4.68 Å². The Bertz CT molecular complexity index is 636. The lowest BCUT2D eigenvalue weighted by molar-refractivity contribution is 0.0689. The summed E-state index contributed by atoms with van der Waals surface area (Å²) in [6.45, 7) is 1.78. The summed E-state index contributed by atoms with van der Waals surface area (Å²) in [4.78, 5) is 10.9. The maximum absolute atomic E-state index is 12.7. The number of nitrogens with zero attached hydrogens (tertiary/aromatic N) is 2. The van der Waals surface area contributed by atoms with Gasteiger partial charge in [-0.05, 0) is 24.6 Å². The molecule has 0 unspecified atom stereocenters. The normalized spacial score (nSPS) is 11.0. The average Bonchev–Trinajstić information content (AvgIpc) is 2.72. The third-order valence-electron chi connectivity index (χ3n) is 2.89. The SMILES string of the molecule is Cc1ccc(C(F)F)cc1-c1cc(C(=O)O)nn1C. The lowest BCUT2D eigenvalue weighted by Gasteiger charge is -2.08. The van der Waals surface area contributed by atoms with Crippen LogP contribution in [0.4, 0.5) is 8.78 Å². The average molecular weight is 266 g/mol. The highest BCUT2D eigenvalue weighted by Crippen LogP contribution is 2.29. The van der Waals surface area contributed by atoms with Crippen LogP contribution in [0.25, 0.3) is 11.3 Å². The van der Waals surface area contributed by atoms with Crippen molar-refractivity contribution >= 4 is 5.97 Å². The number of carbonyl (C=O) groups is 1. The largest absolute Gasteiger partial charge is 0.476 e. The minimum atomic E-state index is -2.56. The van der Waals surface area contributed by atoms with Gasteiger partial charge in [-0.25, -0.2) is 13.6 Å². The molecule has 100 valence electrons. The molecule has 1 aromatic heterocycles. The molecule has 1 aromatic carbocycles. The minimum absolute atomic E-state index is 0.0984. The summed E-state index contributed by atoms with van der Waals surface area (Å²) >= 11 is 0. The predicted octanol–water partition coefficient (Wildman–Crippen LogP) is 3.03. The van der Waals surface area contributed by atoms with Crippen molar-refractivity contribution in [3.8, 4) is 11.3 Å². The molecule has 0 saturated carbocycles. The molecule has 1 heterocycles. The molecule has 2 rings (SSSR count). The fourth-order valence-corrected chi connectivity index (χ4v) is 1.88. The first-order valence-electron chi connectivity index (χ1n) is 5.56. The van der Waals surface area contributed by atoms with E-state index in [4.69, 9.17) is 5.11 Å². The molecule has 0 fully saturated rings. The number of halogens is 2. The fourth-order valence-electron chi connectivity index (χ4n) is 1.88. The molecule has 0 radical (unpaired) electrons. The van der Waals surface area contributed by atoms with Gasteiger partial charge in [0.1, 0.15) is 0 Å². The van der Waals surface area contributed by atoms with Crippen molar-refractivity contribution in [1.29, 1.82) is 0 Å². The quantitative estimate of drug-likeness (QED) is 0.929. The van der Waals surface area contributed by atoms with Crippen LogP contribution in [-0.2, 0) is 7.05 Å². The first-order valence-corrected chi connectivity index (χ1v) is 5.56. The number of hydrogen-bond donors (Lipinski definition) is 1. The molecular formula is C13H12F2N2O2. The number of benzene rings is 1. The van der Waals surface area contributed by atoms with E-state index < -0.39 is 12.4 Å². The van der Waals surface area contributed by atoms with Crippen LogP contribution in [0.2, 0.25) is 0 Å². The van der Waals surface area contributed by atoms with Gasteiger partial charge in [0, 0.05) is 18.2 Å². The van der Waals surface area contributed by atoms with Crippen LogP contribution in [0.3, 0.4) is 0 Å². The lowest BCUT2D eigenvalue weighted by Crippen LogP contribution is -1.99. The van der Waals surface area contributed by atoms with Crippen LogP contribution in [0.5, 0.6) is 0 Å². The molecule has 0 aliphatic carbocycles. The highest BCUT2D eigenvalue weighted by atomic mass is 19.3. The van der Waals surface area contributed by atoms with Crippen molar-refractivity contribution in [1.82, 2.24) is 9.78 Å². The van der Waals surface area contributed by atoms with E-state index in [0.29, 0.717) is 11.3 Å². The number of alkyl halides is 2. The van der Waals surface area contributed by atoms with Crippen LogP contribution in [0, 0.1) is 6.92 Å². The van der Waals surface area contributed by atoms with E-state index in [-0.39, 0.29) is 11.3 Å². The Morgan fingerprint density at radius 1 is 1.37 bits per heavy atom. The minimum Gasteiger partial charge on any atom is -0.476 e. The molecule has 0 bridgehead atoms. The zero-order chi connectivity index (χ0) is 14.2. The third-order valence-corrected chi connectivity index (χ3v) is 2.89. The van der Waals surface area contributed by atoms with Gasteiger partial charge < -0.3 is 5.11 Å². The van der Waals surface area contributed by atoms with Gasteiger partial charge >= 0.3 is 5.97 Å². The molecule has 0 spiro atoms. The molecule has 19 heavy (non-hydrogen) atoms. The van der Waals surface area contributed by atoms with Gasteiger partial charge in [-0.2, -0.15) is 5.10 Å². The highest BCUT2D eigenvalue weighted by Gasteiger charge is 2.16. The van der Waals surface area contributed by atoms with Gasteiger partial charge in [-0.1, -0.05) is 12.1 Å². The number of aryl methyl sites for hydroxylation is 2. The monoisotopic (exact) mass is 266 g/mol. The molecule has 0 aliphatic rings. The number of carboxylic acids is 1. The van der Waals surface area contributed by atoms with E-state index in [2.05, 4.69) is 5.10 Å². The smallest absolute Gasteiger partial charge is 0.356 e. The Hall–Kier alpha value is -2.24. The summed E-state index contributed by atoms with van der Waals surface area (Å²) in [6, 6.07) is 5.69. The number of carboxylic acid groups (broad SMARTS) is 1. The third kappa shape index (κ3) is 2.47.